The number of anilines is 1. The lowest BCUT2D eigenvalue weighted by Gasteiger charge is -2.26. The number of para-hydroxylation sites is 1. The van der Waals surface area contributed by atoms with E-state index in [1.54, 1.807) is 6.92 Å². The molecule has 0 bridgehead atoms. The molecule has 1 saturated heterocycles. The first-order valence-corrected chi connectivity index (χ1v) is 7.75. The zero-order valence-electron chi connectivity index (χ0n) is 12.5. The molecule has 3 nitrogen and oxygen atoms in total. The predicted molar refractivity (Wildman–Crippen MR) is 82.1 cm³/mol. The van der Waals surface area contributed by atoms with Crippen LogP contribution in [-0.2, 0) is 17.6 Å². The van der Waals surface area contributed by atoms with Gasteiger partial charge in [0.15, 0.2) is 0 Å². The molecule has 2 aliphatic heterocycles. The summed E-state index contributed by atoms with van der Waals surface area (Å²) in [5.41, 5.74) is 4.22. The van der Waals surface area contributed by atoms with Crippen LogP contribution in [0.25, 0.3) is 0 Å². The maximum Gasteiger partial charge on any atom is 0.223 e. The van der Waals surface area contributed by atoms with E-state index in [1.165, 1.54) is 23.2 Å². The van der Waals surface area contributed by atoms with Gasteiger partial charge < -0.3 is 10.2 Å². The van der Waals surface area contributed by atoms with E-state index in [0.29, 0.717) is 5.41 Å². The number of amides is 1. The van der Waals surface area contributed by atoms with Crippen LogP contribution in [0.5, 0.6) is 0 Å². The lowest BCUT2D eigenvalue weighted by Crippen LogP contribution is -2.33. The van der Waals surface area contributed by atoms with Crippen LogP contribution < -0.4 is 10.2 Å². The third-order valence-electron chi connectivity index (χ3n) is 5.00. The van der Waals surface area contributed by atoms with E-state index >= 15 is 0 Å². The Morgan fingerprint density at radius 2 is 2.25 bits per heavy atom. The van der Waals surface area contributed by atoms with Crippen LogP contribution in [0.3, 0.4) is 0 Å². The summed E-state index contributed by atoms with van der Waals surface area (Å²) >= 11 is 0. The number of fused-ring (bicyclic) bond motifs is 1. The summed E-state index contributed by atoms with van der Waals surface area (Å²) in [6.45, 7) is 6.94. The van der Waals surface area contributed by atoms with E-state index in [2.05, 4.69) is 30.4 Å². The lowest BCUT2D eigenvalue weighted by atomic mass is 9.78. The number of benzene rings is 1. The quantitative estimate of drug-likeness (QED) is 0.852. The van der Waals surface area contributed by atoms with Crippen LogP contribution in [0, 0.1) is 5.41 Å². The zero-order chi connectivity index (χ0) is 14.2. The zero-order valence-corrected chi connectivity index (χ0v) is 12.5. The van der Waals surface area contributed by atoms with Crippen molar-refractivity contribution in [2.75, 3.05) is 24.5 Å². The van der Waals surface area contributed by atoms with Crippen molar-refractivity contribution < 1.29 is 4.79 Å². The maximum atomic E-state index is 12.1. The Bertz CT molecular complexity index is 518. The Balaban J connectivity index is 2.08. The Hall–Kier alpha value is -1.35. The molecular weight excluding hydrogens is 248 g/mol. The second-order valence-electron chi connectivity index (χ2n) is 6.30. The van der Waals surface area contributed by atoms with Crippen LogP contribution in [-0.4, -0.2) is 25.5 Å². The van der Waals surface area contributed by atoms with Gasteiger partial charge in [-0.05, 0) is 48.8 Å². The van der Waals surface area contributed by atoms with Gasteiger partial charge in [0.25, 0.3) is 0 Å². The molecule has 0 radical (unpaired) electrons. The molecule has 108 valence electrons. The van der Waals surface area contributed by atoms with Gasteiger partial charge >= 0.3 is 0 Å². The molecule has 20 heavy (non-hydrogen) atoms. The van der Waals surface area contributed by atoms with E-state index < -0.39 is 0 Å². The van der Waals surface area contributed by atoms with E-state index in [0.717, 1.165) is 38.9 Å². The van der Waals surface area contributed by atoms with Crippen LogP contribution in [0.1, 0.15) is 37.8 Å². The highest BCUT2D eigenvalue weighted by Gasteiger charge is 2.38. The fraction of sp³-hybridized carbons (Fsp3) is 0.588. The molecule has 0 aliphatic carbocycles. The number of carbonyl (C=O) groups is 1. The fourth-order valence-electron chi connectivity index (χ4n) is 3.85. The molecule has 1 aromatic carbocycles. The molecule has 1 N–H and O–H groups in total. The van der Waals surface area contributed by atoms with E-state index in [9.17, 15) is 4.79 Å². The van der Waals surface area contributed by atoms with Gasteiger partial charge in [-0.15, -0.1) is 0 Å². The molecule has 1 unspecified atom stereocenters. The maximum absolute atomic E-state index is 12.1. The van der Waals surface area contributed by atoms with Crippen molar-refractivity contribution >= 4 is 11.6 Å². The molecule has 2 heterocycles. The van der Waals surface area contributed by atoms with E-state index in [-0.39, 0.29) is 5.91 Å². The largest absolute Gasteiger partial charge is 0.316 e. The van der Waals surface area contributed by atoms with Gasteiger partial charge in [0.05, 0.1) is 0 Å². The number of nitrogens with zero attached hydrogens (tertiary/aromatic N) is 1. The second kappa shape index (κ2) is 5.21. The number of carbonyl (C=O) groups excluding carboxylic acids is 1. The minimum absolute atomic E-state index is 0.176. The third kappa shape index (κ3) is 2.24. The third-order valence-corrected chi connectivity index (χ3v) is 5.00. The lowest BCUT2D eigenvalue weighted by molar-refractivity contribution is -0.116. The molecule has 1 amide bonds. The van der Waals surface area contributed by atoms with Crippen molar-refractivity contribution in [2.45, 2.75) is 39.5 Å². The van der Waals surface area contributed by atoms with Crippen LogP contribution in [0.15, 0.2) is 18.2 Å². The number of rotatable bonds is 1. The van der Waals surface area contributed by atoms with Gasteiger partial charge in [-0.3, -0.25) is 4.79 Å². The Labute approximate surface area is 121 Å². The van der Waals surface area contributed by atoms with Crippen molar-refractivity contribution in [2.24, 2.45) is 5.41 Å². The first kappa shape index (κ1) is 13.6. The first-order chi connectivity index (χ1) is 9.65. The molecule has 0 aromatic heterocycles. The average molecular weight is 272 g/mol. The van der Waals surface area contributed by atoms with Crippen molar-refractivity contribution in [3.63, 3.8) is 0 Å². The normalized spacial score (nSPS) is 25.6. The molecule has 3 rings (SSSR count). The average Bonchev–Trinajstić information content (AvgIpc) is 2.81. The molecular formula is C17H24N2O. The summed E-state index contributed by atoms with van der Waals surface area (Å²) in [5.74, 6) is 0.176. The number of hydrogen-bond donors (Lipinski definition) is 1. The highest BCUT2D eigenvalue weighted by atomic mass is 16.2. The van der Waals surface area contributed by atoms with Gasteiger partial charge in [0.1, 0.15) is 0 Å². The minimum Gasteiger partial charge on any atom is -0.316 e. The van der Waals surface area contributed by atoms with Gasteiger partial charge in [0, 0.05) is 25.7 Å². The first-order valence-electron chi connectivity index (χ1n) is 7.75. The summed E-state index contributed by atoms with van der Waals surface area (Å²) in [6, 6.07) is 6.53. The van der Waals surface area contributed by atoms with Crippen LogP contribution in [0.2, 0.25) is 0 Å². The van der Waals surface area contributed by atoms with Crippen molar-refractivity contribution in [1.29, 1.82) is 0 Å². The topological polar surface area (TPSA) is 32.3 Å². The van der Waals surface area contributed by atoms with E-state index in [4.69, 9.17) is 0 Å². The number of nitrogens with one attached hydrogen (secondary N) is 1. The van der Waals surface area contributed by atoms with Crippen LogP contribution in [0.4, 0.5) is 5.69 Å². The summed E-state index contributed by atoms with van der Waals surface area (Å²) in [7, 11) is 0. The molecule has 1 aromatic rings. The van der Waals surface area contributed by atoms with Crippen molar-refractivity contribution in [3.8, 4) is 0 Å². The smallest absolute Gasteiger partial charge is 0.223 e. The Morgan fingerprint density at radius 1 is 1.40 bits per heavy atom. The highest BCUT2D eigenvalue weighted by Crippen LogP contribution is 2.41. The van der Waals surface area contributed by atoms with Gasteiger partial charge in [-0.2, -0.15) is 0 Å². The predicted octanol–water partition coefficient (Wildman–Crippen LogP) is 2.53. The fourth-order valence-corrected chi connectivity index (χ4v) is 3.85. The van der Waals surface area contributed by atoms with Crippen LogP contribution >= 0.6 is 0 Å². The summed E-state index contributed by atoms with van der Waals surface area (Å²) < 4.78 is 0. The SMILES string of the molecule is CCc1cccc2c1N(C(C)=O)CCC1(CCNC1)C2. The highest BCUT2D eigenvalue weighted by molar-refractivity contribution is 5.93. The Morgan fingerprint density at radius 3 is 2.90 bits per heavy atom. The second-order valence-corrected chi connectivity index (χ2v) is 6.30. The Kier molecular flexibility index (Phi) is 3.55. The monoisotopic (exact) mass is 272 g/mol. The van der Waals surface area contributed by atoms with Gasteiger partial charge in [-0.25, -0.2) is 0 Å². The summed E-state index contributed by atoms with van der Waals surface area (Å²) in [4.78, 5) is 14.1. The molecule has 1 atom stereocenters. The summed E-state index contributed by atoms with van der Waals surface area (Å²) in [6.07, 6.45) is 4.43. The van der Waals surface area contributed by atoms with Crippen molar-refractivity contribution in [1.82, 2.24) is 5.32 Å². The molecule has 2 aliphatic rings. The van der Waals surface area contributed by atoms with E-state index in [1.807, 2.05) is 4.90 Å². The van der Waals surface area contributed by atoms with Gasteiger partial charge in [0.2, 0.25) is 5.91 Å². The summed E-state index contributed by atoms with van der Waals surface area (Å²) in [5, 5.41) is 3.51. The number of hydrogen-bond acceptors (Lipinski definition) is 2. The molecule has 1 fully saturated rings. The molecule has 1 spiro atoms. The minimum atomic E-state index is 0.176. The molecule has 3 heteroatoms. The molecule has 0 saturated carbocycles. The van der Waals surface area contributed by atoms with Crippen molar-refractivity contribution in [3.05, 3.63) is 29.3 Å². The van der Waals surface area contributed by atoms with Gasteiger partial charge in [-0.1, -0.05) is 25.1 Å². The standard InChI is InChI=1S/C17H24N2O/c1-3-14-5-4-6-15-11-17(7-9-18-12-17)8-10-19(13(2)20)16(14)15/h4-6,18H,3,7-12H2,1-2H3. The number of aryl methyl sites for hydroxylation is 1.